The van der Waals surface area contributed by atoms with Crippen LogP contribution < -0.4 is 4.74 Å². The summed E-state index contributed by atoms with van der Waals surface area (Å²) in [6.45, 7) is 15.2. The van der Waals surface area contributed by atoms with Crippen molar-refractivity contribution in [3.8, 4) is 6.01 Å². The van der Waals surface area contributed by atoms with Crippen molar-refractivity contribution >= 4 is 0 Å². The third kappa shape index (κ3) is 10.9. The van der Waals surface area contributed by atoms with Crippen molar-refractivity contribution in [1.29, 1.82) is 0 Å². The Morgan fingerprint density at radius 2 is 1.60 bits per heavy atom. The molecule has 1 heterocycles. The molecule has 4 heteroatoms. The molecule has 0 unspecified atom stereocenters. The summed E-state index contributed by atoms with van der Waals surface area (Å²) in [4.78, 5) is 8.56. The first-order chi connectivity index (χ1) is 11.7. The molecular weight excluding hydrogens is 312 g/mol. The minimum absolute atomic E-state index is 0.0732. The van der Waals surface area contributed by atoms with Gasteiger partial charge in [0.15, 0.2) is 0 Å². The maximum Gasteiger partial charge on any atom is 0.316 e. The monoisotopic (exact) mass is 348 g/mol. The summed E-state index contributed by atoms with van der Waals surface area (Å²) in [5.41, 5.74) is 1.44. The fourth-order valence-corrected chi connectivity index (χ4v) is 2.10. The van der Waals surface area contributed by atoms with Crippen LogP contribution in [0.4, 0.5) is 0 Å². The first-order valence-corrected chi connectivity index (χ1v) is 9.36. The molecule has 0 fully saturated rings. The Labute approximate surface area is 154 Å². The molecule has 1 aromatic rings. The van der Waals surface area contributed by atoms with Gasteiger partial charge in [-0.05, 0) is 42.1 Å². The number of ether oxygens (including phenoxy) is 2. The minimum atomic E-state index is 0.0732. The van der Waals surface area contributed by atoms with Crippen molar-refractivity contribution in [2.24, 2.45) is 5.41 Å². The molecule has 0 saturated carbocycles. The van der Waals surface area contributed by atoms with Crippen LogP contribution in [-0.2, 0) is 10.2 Å². The summed E-state index contributed by atoms with van der Waals surface area (Å²) >= 11 is 0. The van der Waals surface area contributed by atoms with Crippen LogP contribution in [0.2, 0.25) is 0 Å². The van der Waals surface area contributed by atoms with Gasteiger partial charge in [-0.25, -0.2) is 9.97 Å². The van der Waals surface area contributed by atoms with Crippen LogP contribution in [0.1, 0.15) is 72.8 Å². The fourth-order valence-electron chi connectivity index (χ4n) is 2.10. The van der Waals surface area contributed by atoms with E-state index in [1.165, 1.54) is 6.42 Å². The first-order valence-electron chi connectivity index (χ1n) is 9.36. The molecule has 25 heavy (non-hydrogen) atoms. The van der Waals surface area contributed by atoms with E-state index >= 15 is 0 Å². The second-order valence-corrected chi connectivity index (χ2v) is 8.75. The molecule has 142 valence electrons. The zero-order valence-corrected chi connectivity index (χ0v) is 17.0. The molecule has 0 aliphatic rings. The summed E-state index contributed by atoms with van der Waals surface area (Å²) < 4.78 is 11.2. The van der Waals surface area contributed by atoms with Gasteiger partial charge in [0.2, 0.25) is 0 Å². The predicted molar refractivity (Wildman–Crippen MR) is 104 cm³/mol. The molecule has 0 N–H and O–H groups in total. The first kappa shape index (κ1) is 21.6. The Balaban J connectivity index is 2.03. The Hall–Kier alpha value is -1.42. The van der Waals surface area contributed by atoms with Gasteiger partial charge in [0.25, 0.3) is 0 Å². The van der Waals surface area contributed by atoms with Crippen LogP contribution in [0.25, 0.3) is 0 Å². The van der Waals surface area contributed by atoms with Crippen molar-refractivity contribution in [2.45, 2.75) is 72.6 Å². The van der Waals surface area contributed by atoms with Crippen LogP contribution in [0, 0.1) is 5.41 Å². The number of nitrogens with zero attached hydrogens (tertiary/aromatic N) is 2. The van der Waals surface area contributed by atoms with E-state index in [1.54, 1.807) is 0 Å². The van der Waals surface area contributed by atoms with E-state index in [2.05, 4.69) is 63.7 Å². The maximum absolute atomic E-state index is 5.60. The van der Waals surface area contributed by atoms with Crippen molar-refractivity contribution in [3.63, 3.8) is 0 Å². The lowest BCUT2D eigenvalue weighted by molar-refractivity contribution is 0.0908. The smallest absolute Gasteiger partial charge is 0.316 e. The van der Waals surface area contributed by atoms with Crippen LogP contribution >= 0.6 is 0 Å². The highest BCUT2D eigenvalue weighted by Gasteiger charge is 2.14. The average Bonchev–Trinajstić information content (AvgIpc) is 2.51. The number of rotatable bonds is 10. The van der Waals surface area contributed by atoms with Crippen molar-refractivity contribution in [1.82, 2.24) is 9.97 Å². The maximum atomic E-state index is 5.60. The number of aromatic nitrogens is 2. The molecule has 4 nitrogen and oxygen atoms in total. The van der Waals surface area contributed by atoms with Gasteiger partial charge in [0, 0.05) is 12.4 Å². The van der Waals surface area contributed by atoms with E-state index in [-0.39, 0.29) is 10.8 Å². The zero-order valence-electron chi connectivity index (χ0n) is 17.0. The van der Waals surface area contributed by atoms with E-state index in [0.29, 0.717) is 19.2 Å². The summed E-state index contributed by atoms with van der Waals surface area (Å²) in [5, 5.41) is 0. The van der Waals surface area contributed by atoms with Crippen molar-refractivity contribution in [2.75, 3.05) is 19.8 Å². The van der Waals surface area contributed by atoms with Gasteiger partial charge in [0.05, 0.1) is 19.8 Å². The van der Waals surface area contributed by atoms with E-state index in [0.717, 1.165) is 31.4 Å². The highest BCUT2D eigenvalue weighted by Crippen LogP contribution is 2.21. The molecule has 0 aliphatic carbocycles. The average molecular weight is 349 g/mol. The van der Waals surface area contributed by atoms with E-state index < -0.39 is 0 Å². The third-order valence-electron chi connectivity index (χ3n) is 3.66. The number of allylic oxidation sites excluding steroid dienone is 1. The lowest BCUT2D eigenvalue weighted by Gasteiger charge is -2.17. The SMILES string of the molecule is CC(C)(C)COC/C=C/CCCCCOc1ncc(C(C)(C)C)cn1. The van der Waals surface area contributed by atoms with Crippen LogP contribution in [-0.4, -0.2) is 29.8 Å². The lowest BCUT2D eigenvalue weighted by Crippen LogP contribution is -2.14. The molecule has 0 saturated heterocycles. The quantitative estimate of drug-likeness (QED) is 0.423. The lowest BCUT2D eigenvalue weighted by atomic mass is 9.89. The second kappa shape index (κ2) is 10.5. The van der Waals surface area contributed by atoms with Crippen LogP contribution in [0.15, 0.2) is 24.5 Å². The minimum Gasteiger partial charge on any atom is -0.463 e. The summed E-state index contributed by atoms with van der Waals surface area (Å²) in [6.07, 6.45) is 12.5. The summed E-state index contributed by atoms with van der Waals surface area (Å²) in [5.74, 6) is 0. The Morgan fingerprint density at radius 3 is 2.20 bits per heavy atom. The second-order valence-electron chi connectivity index (χ2n) is 8.75. The molecular formula is C21H36N2O2. The van der Waals surface area contributed by atoms with Gasteiger partial charge in [0.1, 0.15) is 0 Å². The number of unbranched alkanes of at least 4 members (excludes halogenated alkanes) is 3. The van der Waals surface area contributed by atoms with E-state index in [9.17, 15) is 0 Å². The Bertz CT molecular complexity index is 496. The van der Waals surface area contributed by atoms with Crippen LogP contribution in [0.3, 0.4) is 0 Å². The highest BCUT2D eigenvalue weighted by molar-refractivity contribution is 5.16. The summed E-state index contributed by atoms with van der Waals surface area (Å²) in [7, 11) is 0. The molecule has 0 aromatic carbocycles. The van der Waals surface area contributed by atoms with Gasteiger partial charge in [-0.3, -0.25) is 0 Å². The molecule has 0 atom stereocenters. The highest BCUT2D eigenvalue weighted by atomic mass is 16.5. The van der Waals surface area contributed by atoms with Gasteiger partial charge >= 0.3 is 6.01 Å². The zero-order chi connectivity index (χ0) is 18.8. The largest absolute Gasteiger partial charge is 0.463 e. The number of hydrogen-bond acceptors (Lipinski definition) is 4. The number of hydrogen-bond donors (Lipinski definition) is 0. The van der Waals surface area contributed by atoms with Gasteiger partial charge in [-0.2, -0.15) is 0 Å². The van der Waals surface area contributed by atoms with Crippen molar-refractivity contribution < 1.29 is 9.47 Å². The third-order valence-corrected chi connectivity index (χ3v) is 3.66. The van der Waals surface area contributed by atoms with E-state index in [4.69, 9.17) is 9.47 Å². The Kier molecular flexibility index (Phi) is 9.12. The molecule has 0 radical (unpaired) electrons. The molecule has 0 amide bonds. The van der Waals surface area contributed by atoms with Crippen LogP contribution in [0.5, 0.6) is 6.01 Å². The van der Waals surface area contributed by atoms with Gasteiger partial charge in [-0.15, -0.1) is 0 Å². The normalized spacial score (nSPS) is 12.7. The molecule has 0 bridgehead atoms. The summed E-state index contributed by atoms with van der Waals surface area (Å²) in [6, 6.07) is 0.476. The van der Waals surface area contributed by atoms with Gasteiger partial charge < -0.3 is 9.47 Å². The molecule has 0 spiro atoms. The predicted octanol–water partition coefficient (Wildman–Crippen LogP) is 5.33. The topological polar surface area (TPSA) is 44.2 Å². The fraction of sp³-hybridized carbons (Fsp3) is 0.714. The van der Waals surface area contributed by atoms with E-state index in [1.807, 2.05) is 12.4 Å². The Morgan fingerprint density at radius 1 is 0.920 bits per heavy atom. The molecule has 1 rings (SSSR count). The van der Waals surface area contributed by atoms with Gasteiger partial charge in [-0.1, -0.05) is 53.7 Å². The standard InChI is InChI=1S/C21H36N2O2/c1-20(2,3)17-24-13-11-9-7-8-10-12-14-25-19-22-15-18(16-23-19)21(4,5)6/h9,11,15-16H,7-8,10,12-14,17H2,1-6H3/b11-9+. The molecule has 0 aliphatic heterocycles. The molecule has 1 aromatic heterocycles. The van der Waals surface area contributed by atoms with Crippen molar-refractivity contribution in [3.05, 3.63) is 30.1 Å².